The van der Waals surface area contributed by atoms with Crippen molar-refractivity contribution >= 4 is 35.6 Å². The van der Waals surface area contributed by atoms with Crippen molar-refractivity contribution in [2.24, 2.45) is 10.7 Å². The topological polar surface area (TPSA) is 81.1 Å². The highest BCUT2D eigenvalue weighted by Gasteiger charge is 2.03. The lowest BCUT2D eigenvalue weighted by atomic mass is 10.0. The van der Waals surface area contributed by atoms with Gasteiger partial charge in [-0.25, -0.2) is 14.7 Å². The molecule has 0 spiro atoms. The zero-order chi connectivity index (χ0) is 15.2. The number of rotatable bonds is 5. The van der Waals surface area contributed by atoms with Crippen LogP contribution in [0, 0.1) is 0 Å². The van der Waals surface area contributed by atoms with Gasteiger partial charge < -0.3 is 11.1 Å². The molecule has 1 aromatic carbocycles. The Bertz CT molecular complexity index is 620. The Labute approximate surface area is 148 Å². The van der Waals surface area contributed by atoms with Gasteiger partial charge in [0.15, 0.2) is 5.96 Å². The fourth-order valence-electron chi connectivity index (χ4n) is 1.99. The highest BCUT2D eigenvalue weighted by atomic mass is 127. The van der Waals surface area contributed by atoms with Crippen LogP contribution in [0.15, 0.2) is 35.6 Å². The maximum absolute atomic E-state index is 5.92. The van der Waals surface area contributed by atoms with Crippen LogP contribution >= 0.6 is 24.0 Å². The van der Waals surface area contributed by atoms with E-state index in [0.29, 0.717) is 18.4 Å². The van der Waals surface area contributed by atoms with Crippen molar-refractivity contribution < 1.29 is 0 Å². The monoisotopic (exact) mass is 414 g/mol. The molecule has 0 saturated carbocycles. The Morgan fingerprint density at radius 3 is 2.86 bits per heavy atom. The zero-order valence-electron chi connectivity index (χ0n) is 13.2. The molecule has 0 bridgehead atoms. The lowest BCUT2D eigenvalue weighted by Crippen LogP contribution is -2.23. The number of hydrogen-bond acceptors (Lipinski definition) is 3. The van der Waals surface area contributed by atoms with E-state index in [1.165, 1.54) is 11.9 Å². The third-order valence-electron chi connectivity index (χ3n) is 3.21. The molecule has 22 heavy (non-hydrogen) atoms. The number of guanidine groups is 1. The first-order valence-corrected chi connectivity index (χ1v) is 7.13. The van der Waals surface area contributed by atoms with Gasteiger partial charge in [-0.2, -0.15) is 5.10 Å². The Balaban J connectivity index is 0.00000242. The van der Waals surface area contributed by atoms with Crippen LogP contribution in [-0.4, -0.2) is 20.7 Å². The first-order valence-electron chi connectivity index (χ1n) is 7.13. The van der Waals surface area contributed by atoms with E-state index in [2.05, 4.69) is 46.4 Å². The molecule has 6 nitrogen and oxygen atoms in total. The lowest BCUT2D eigenvalue weighted by molar-refractivity contribution is 0.616. The molecule has 0 atom stereocenters. The molecule has 0 radical (unpaired) electrons. The number of nitrogens with zero attached hydrogens (tertiary/aromatic N) is 4. The molecular weight excluding hydrogens is 391 g/mol. The Hall–Kier alpha value is -1.64. The third kappa shape index (κ3) is 4.97. The SMILES string of the molecule is CCn1ncnc1CN=C(N)Nc1cccc(C(C)C)c1.I. The number of aliphatic imine (C=N–C) groups is 1. The van der Waals surface area contributed by atoms with Gasteiger partial charge in [-0.05, 0) is 30.5 Å². The molecule has 7 heteroatoms. The molecule has 2 aromatic rings. The fraction of sp³-hybridized carbons (Fsp3) is 0.400. The van der Waals surface area contributed by atoms with Crippen molar-refractivity contribution in [1.82, 2.24) is 14.8 Å². The standard InChI is InChI=1S/C15H22N6.HI/c1-4-21-14(18-10-19-21)9-17-15(16)20-13-7-5-6-12(8-13)11(2)3;/h5-8,10-11H,4,9H2,1-3H3,(H3,16,17,20);1H. The number of aryl methyl sites for hydroxylation is 1. The molecule has 0 aliphatic heterocycles. The van der Waals surface area contributed by atoms with Crippen molar-refractivity contribution in [3.8, 4) is 0 Å². The zero-order valence-corrected chi connectivity index (χ0v) is 15.5. The highest BCUT2D eigenvalue weighted by molar-refractivity contribution is 14.0. The fourth-order valence-corrected chi connectivity index (χ4v) is 1.99. The van der Waals surface area contributed by atoms with Gasteiger partial charge in [0, 0.05) is 12.2 Å². The first kappa shape index (κ1) is 18.4. The maximum Gasteiger partial charge on any atom is 0.193 e. The number of benzene rings is 1. The summed E-state index contributed by atoms with van der Waals surface area (Å²) >= 11 is 0. The molecule has 1 heterocycles. The normalized spacial score (nSPS) is 11.4. The van der Waals surface area contributed by atoms with Gasteiger partial charge in [0.25, 0.3) is 0 Å². The predicted molar refractivity (Wildman–Crippen MR) is 101 cm³/mol. The van der Waals surface area contributed by atoms with E-state index in [4.69, 9.17) is 5.73 Å². The van der Waals surface area contributed by atoms with Crippen LogP contribution in [-0.2, 0) is 13.1 Å². The van der Waals surface area contributed by atoms with Gasteiger partial charge in [-0.1, -0.05) is 26.0 Å². The van der Waals surface area contributed by atoms with Crippen LogP contribution in [0.25, 0.3) is 0 Å². The van der Waals surface area contributed by atoms with Crippen molar-refractivity contribution in [3.63, 3.8) is 0 Å². The number of halogens is 1. The molecule has 0 unspecified atom stereocenters. The molecule has 0 aliphatic carbocycles. The molecule has 0 aliphatic rings. The molecule has 0 fully saturated rings. The van der Waals surface area contributed by atoms with Crippen molar-refractivity contribution in [2.45, 2.75) is 39.8 Å². The van der Waals surface area contributed by atoms with E-state index >= 15 is 0 Å². The lowest BCUT2D eigenvalue weighted by Gasteiger charge is -2.10. The third-order valence-corrected chi connectivity index (χ3v) is 3.21. The maximum atomic E-state index is 5.92. The van der Waals surface area contributed by atoms with Crippen molar-refractivity contribution in [3.05, 3.63) is 42.0 Å². The second-order valence-electron chi connectivity index (χ2n) is 5.10. The highest BCUT2D eigenvalue weighted by Crippen LogP contribution is 2.18. The van der Waals surface area contributed by atoms with Crippen LogP contribution in [0.3, 0.4) is 0 Å². The summed E-state index contributed by atoms with van der Waals surface area (Å²) < 4.78 is 1.80. The second kappa shape index (κ2) is 8.72. The molecule has 1 aromatic heterocycles. The van der Waals surface area contributed by atoms with Gasteiger partial charge in [0.05, 0.1) is 0 Å². The van der Waals surface area contributed by atoms with E-state index < -0.39 is 0 Å². The van der Waals surface area contributed by atoms with Gasteiger partial charge in [0.1, 0.15) is 18.7 Å². The summed E-state index contributed by atoms with van der Waals surface area (Å²) in [5, 5.41) is 7.21. The van der Waals surface area contributed by atoms with Crippen molar-refractivity contribution in [1.29, 1.82) is 0 Å². The largest absolute Gasteiger partial charge is 0.370 e. The molecule has 3 N–H and O–H groups in total. The Morgan fingerprint density at radius 1 is 1.41 bits per heavy atom. The van der Waals surface area contributed by atoms with Crippen LogP contribution in [0.4, 0.5) is 5.69 Å². The summed E-state index contributed by atoms with van der Waals surface area (Å²) in [4.78, 5) is 8.47. The Kier molecular flexibility index (Phi) is 7.30. The summed E-state index contributed by atoms with van der Waals surface area (Å²) in [6, 6.07) is 8.18. The van der Waals surface area contributed by atoms with Gasteiger partial charge in [0.2, 0.25) is 0 Å². The van der Waals surface area contributed by atoms with Crippen molar-refractivity contribution in [2.75, 3.05) is 5.32 Å². The summed E-state index contributed by atoms with van der Waals surface area (Å²) in [7, 11) is 0. The quantitative estimate of drug-likeness (QED) is 0.448. The van der Waals surface area contributed by atoms with Gasteiger partial charge >= 0.3 is 0 Å². The van der Waals surface area contributed by atoms with E-state index in [1.807, 2.05) is 19.1 Å². The van der Waals surface area contributed by atoms with Crippen LogP contribution < -0.4 is 11.1 Å². The van der Waals surface area contributed by atoms with Crippen LogP contribution in [0.1, 0.15) is 38.1 Å². The van der Waals surface area contributed by atoms with E-state index in [0.717, 1.165) is 18.1 Å². The minimum atomic E-state index is 0. The number of nitrogens with one attached hydrogen (secondary N) is 1. The first-order chi connectivity index (χ1) is 10.1. The minimum Gasteiger partial charge on any atom is -0.370 e. The molecular formula is C15H23IN6. The van der Waals surface area contributed by atoms with E-state index in [1.54, 1.807) is 4.68 Å². The summed E-state index contributed by atoms with van der Waals surface area (Å²) in [5.74, 6) is 1.66. The van der Waals surface area contributed by atoms with Gasteiger partial charge in [-0.3, -0.25) is 0 Å². The molecule has 120 valence electrons. The average molecular weight is 414 g/mol. The summed E-state index contributed by atoms with van der Waals surface area (Å²) in [6.07, 6.45) is 1.53. The summed E-state index contributed by atoms with van der Waals surface area (Å²) in [5.41, 5.74) is 8.13. The number of hydrogen-bond donors (Lipinski definition) is 2. The summed E-state index contributed by atoms with van der Waals surface area (Å²) in [6.45, 7) is 7.52. The molecule has 2 rings (SSSR count). The second-order valence-corrected chi connectivity index (χ2v) is 5.10. The molecule has 0 saturated heterocycles. The van der Waals surface area contributed by atoms with Crippen LogP contribution in [0.5, 0.6) is 0 Å². The van der Waals surface area contributed by atoms with Gasteiger partial charge in [-0.15, -0.1) is 24.0 Å². The smallest absolute Gasteiger partial charge is 0.193 e. The molecule has 0 amide bonds. The Morgan fingerprint density at radius 2 is 2.18 bits per heavy atom. The number of nitrogens with two attached hydrogens (primary N) is 1. The number of aromatic nitrogens is 3. The van der Waals surface area contributed by atoms with Crippen LogP contribution in [0.2, 0.25) is 0 Å². The van der Waals surface area contributed by atoms with E-state index in [9.17, 15) is 0 Å². The predicted octanol–water partition coefficient (Wildman–Crippen LogP) is 2.97. The average Bonchev–Trinajstić information content (AvgIpc) is 2.93. The van der Waals surface area contributed by atoms with E-state index in [-0.39, 0.29) is 24.0 Å². The number of anilines is 1. The minimum absolute atomic E-state index is 0.